The van der Waals surface area contributed by atoms with E-state index in [-0.39, 0.29) is 12.0 Å². The Hall–Kier alpha value is -2.12. The number of anilines is 1. The number of Topliss-reactive ketones (excluding diaryl/α,β-unsaturated/α-hetero) is 1. The van der Waals surface area contributed by atoms with Gasteiger partial charge in [0.2, 0.25) is 5.95 Å². The molecule has 1 aliphatic heterocycles. The van der Waals surface area contributed by atoms with Gasteiger partial charge in [0.25, 0.3) is 0 Å². The molecule has 8 heteroatoms. The number of ether oxygens (including phenoxy) is 2. The zero-order valence-electron chi connectivity index (χ0n) is 16.2. The fraction of sp³-hybridized carbons (Fsp3) is 0.550. The predicted molar refractivity (Wildman–Crippen MR) is 109 cm³/mol. The summed E-state index contributed by atoms with van der Waals surface area (Å²) in [6, 6.07) is 3.40. The van der Waals surface area contributed by atoms with E-state index >= 15 is 0 Å². The Bertz CT molecular complexity index is 885. The van der Waals surface area contributed by atoms with E-state index in [1.54, 1.807) is 26.4 Å². The van der Waals surface area contributed by atoms with Gasteiger partial charge >= 0.3 is 0 Å². The van der Waals surface area contributed by atoms with Crippen molar-refractivity contribution in [2.24, 2.45) is 5.92 Å². The van der Waals surface area contributed by atoms with Crippen LogP contribution in [0.15, 0.2) is 12.1 Å². The van der Waals surface area contributed by atoms with E-state index < -0.39 is 0 Å². The Balaban J connectivity index is 1.61. The highest BCUT2D eigenvalue weighted by molar-refractivity contribution is 6.34. The molecule has 2 aromatic rings. The third kappa shape index (κ3) is 3.61. The van der Waals surface area contributed by atoms with Crippen LogP contribution in [0.3, 0.4) is 0 Å². The van der Waals surface area contributed by atoms with Crippen molar-refractivity contribution in [1.82, 2.24) is 15.3 Å². The number of carbonyl (C=O) groups excluding carboxylic acids is 1. The minimum Gasteiger partial charge on any atom is -0.493 e. The maximum Gasteiger partial charge on any atom is 0.227 e. The summed E-state index contributed by atoms with van der Waals surface area (Å²) in [5.41, 5.74) is 0.685. The van der Waals surface area contributed by atoms with Crippen LogP contribution in [-0.4, -0.2) is 55.6 Å². The summed E-state index contributed by atoms with van der Waals surface area (Å²) in [5.74, 6) is 2.22. The van der Waals surface area contributed by atoms with Gasteiger partial charge in [-0.25, -0.2) is 9.97 Å². The number of piperazine rings is 1. The molecule has 1 aliphatic carbocycles. The van der Waals surface area contributed by atoms with Crippen molar-refractivity contribution in [3.05, 3.63) is 17.3 Å². The molecule has 4 rings (SSSR count). The maximum atomic E-state index is 12.8. The van der Waals surface area contributed by atoms with Gasteiger partial charge in [0.05, 0.1) is 25.8 Å². The average molecular weight is 405 g/mol. The minimum absolute atomic E-state index is 0.180. The number of nitrogens with one attached hydrogen (secondary N) is 1. The summed E-state index contributed by atoms with van der Waals surface area (Å²) in [6.07, 6.45) is 4.33. The normalized spacial score (nSPS) is 20.5. The lowest BCUT2D eigenvalue weighted by Crippen LogP contribution is -2.55. The number of aromatic nitrogens is 2. The Kier molecular flexibility index (Phi) is 5.55. The van der Waals surface area contributed by atoms with E-state index in [4.69, 9.17) is 26.1 Å². The van der Waals surface area contributed by atoms with Gasteiger partial charge in [0, 0.05) is 37.0 Å². The van der Waals surface area contributed by atoms with Gasteiger partial charge < -0.3 is 19.7 Å². The summed E-state index contributed by atoms with van der Waals surface area (Å²) < 4.78 is 10.7. The summed E-state index contributed by atoms with van der Waals surface area (Å²) in [6.45, 7) is 2.00. The van der Waals surface area contributed by atoms with Crippen LogP contribution >= 0.6 is 11.6 Å². The van der Waals surface area contributed by atoms with Crippen molar-refractivity contribution in [1.29, 1.82) is 0 Å². The lowest BCUT2D eigenvalue weighted by atomic mass is 9.95. The molecule has 0 spiro atoms. The maximum absolute atomic E-state index is 12.8. The van der Waals surface area contributed by atoms with Crippen LogP contribution < -0.4 is 19.7 Å². The number of halogens is 1. The Morgan fingerprint density at radius 3 is 2.61 bits per heavy atom. The molecule has 0 bridgehead atoms. The lowest BCUT2D eigenvalue weighted by molar-refractivity contribution is -0.124. The SMILES string of the molecule is COc1cc2nc(N3CCNC(C(=O)C4CCCC4)C3)nc(Cl)c2cc1OC. The fourth-order valence-electron chi connectivity index (χ4n) is 4.17. The number of fused-ring (bicyclic) bond motifs is 1. The number of ketones is 1. The first-order chi connectivity index (χ1) is 13.6. The molecule has 1 N–H and O–H groups in total. The van der Waals surface area contributed by atoms with E-state index in [2.05, 4.69) is 10.3 Å². The van der Waals surface area contributed by atoms with E-state index in [9.17, 15) is 4.79 Å². The van der Waals surface area contributed by atoms with Crippen molar-refractivity contribution >= 4 is 34.2 Å². The van der Waals surface area contributed by atoms with Crippen molar-refractivity contribution in [2.45, 2.75) is 31.7 Å². The Morgan fingerprint density at radius 1 is 1.18 bits per heavy atom. The molecular formula is C20H25ClN4O3. The molecule has 7 nitrogen and oxygen atoms in total. The van der Waals surface area contributed by atoms with Gasteiger partial charge in [-0.05, 0) is 18.9 Å². The van der Waals surface area contributed by atoms with Crippen LogP contribution in [0.5, 0.6) is 11.5 Å². The molecular weight excluding hydrogens is 380 g/mol. The van der Waals surface area contributed by atoms with Gasteiger partial charge in [-0.2, -0.15) is 0 Å². The zero-order chi connectivity index (χ0) is 19.7. The third-order valence-corrected chi connectivity index (χ3v) is 5.99. The first kappa shape index (κ1) is 19.2. The van der Waals surface area contributed by atoms with E-state index in [1.165, 1.54) is 0 Å². The molecule has 2 aliphatic rings. The lowest BCUT2D eigenvalue weighted by Gasteiger charge is -2.34. The molecule has 1 atom stereocenters. The fourth-order valence-corrected chi connectivity index (χ4v) is 4.39. The topological polar surface area (TPSA) is 76.6 Å². The highest BCUT2D eigenvalue weighted by atomic mass is 35.5. The van der Waals surface area contributed by atoms with Gasteiger partial charge in [0.15, 0.2) is 17.3 Å². The molecule has 2 heterocycles. The van der Waals surface area contributed by atoms with Crippen LogP contribution in [0.2, 0.25) is 5.15 Å². The van der Waals surface area contributed by atoms with Gasteiger partial charge in [-0.3, -0.25) is 4.79 Å². The minimum atomic E-state index is -0.180. The first-order valence-electron chi connectivity index (χ1n) is 9.72. The molecule has 0 radical (unpaired) electrons. The summed E-state index contributed by atoms with van der Waals surface area (Å²) in [4.78, 5) is 24.0. The molecule has 1 unspecified atom stereocenters. The largest absolute Gasteiger partial charge is 0.493 e. The summed E-state index contributed by atoms with van der Waals surface area (Å²) >= 11 is 6.45. The van der Waals surface area contributed by atoms with Gasteiger partial charge in [-0.15, -0.1) is 0 Å². The molecule has 1 aromatic carbocycles. The molecule has 28 heavy (non-hydrogen) atoms. The molecule has 1 saturated carbocycles. The first-order valence-corrected chi connectivity index (χ1v) is 10.1. The number of benzene rings is 1. The van der Waals surface area contributed by atoms with Crippen molar-refractivity contribution in [2.75, 3.05) is 38.8 Å². The van der Waals surface area contributed by atoms with Crippen LogP contribution in [0.1, 0.15) is 25.7 Å². The highest BCUT2D eigenvalue weighted by Crippen LogP contribution is 2.35. The van der Waals surface area contributed by atoms with E-state index in [0.717, 1.165) is 32.2 Å². The second kappa shape index (κ2) is 8.09. The van der Waals surface area contributed by atoms with Crippen LogP contribution in [0, 0.1) is 5.92 Å². The molecule has 1 aromatic heterocycles. The second-order valence-electron chi connectivity index (χ2n) is 7.38. The van der Waals surface area contributed by atoms with Crippen LogP contribution in [0.25, 0.3) is 10.9 Å². The highest BCUT2D eigenvalue weighted by Gasteiger charge is 2.33. The number of methoxy groups -OCH3 is 2. The second-order valence-corrected chi connectivity index (χ2v) is 7.73. The van der Waals surface area contributed by atoms with Crippen molar-refractivity contribution < 1.29 is 14.3 Å². The molecule has 2 fully saturated rings. The monoisotopic (exact) mass is 404 g/mol. The predicted octanol–water partition coefficient (Wildman–Crippen LogP) is 2.84. The van der Waals surface area contributed by atoms with Crippen molar-refractivity contribution in [3.63, 3.8) is 0 Å². The van der Waals surface area contributed by atoms with Gasteiger partial charge in [0.1, 0.15) is 5.15 Å². The molecule has 0 amide bonds. The smallest absolute Gasteiger partial charge is 0.227 e. The third-order valence-electron chi connectivity index (χ3n) is 5.70. The summed E-state index contributed by atoms with van der Waals surface area (Å²) in [5, 5.41) is 4.43. The molecule has 150 valence electrons. The molecule has 1 saturated heterocycles. The number of carbonyl (C=O) groups is 1. The number of hydrogen-bond donors (Lipinski definition) is 1. The van der Waals surface area contributed by atoms with Crippen LogP contribution in [0.4, 0.5) is 5.95 Å². The standard InChI is InChI=1S/C20H25ClN4O3/c1-27-16-9-13-14(10-17(16)28-2)23-20(24-19(13)21)25-8-7-22-15(11-25)18(26)12-5-3-4-6-12/h9-10,12,15,22H,3-8,11H2,1-2H3. The number of rotatable bonds is 5. The summed E-state index contributed by atoms with van der Waals surface area (Å²) in [7, 11) is 3.16. The van der Waals surface area contributed by atoms with Gasteiger partial charge in [-0.1, -0.05) is 24.4 Å². The van der Waals surface area contributed by atoms with E-state index in [1.807, 2.05) is 4.90 Å². The Morgan fingerprint density at radius 2 is 1.89 bits per heavy atom. The number of nitrogens with zero attached hydrogens (tertiary/aromatic N) is 3. The van der Waals surface area contributed by atoms with Crippen molar-refractivity contribution in [3.8, 4) is 11.5 Å². The number of hydrogen-bond acceptors (Lipinski definition) is 7. The van der Waals surface area contributed by atoms with E-state index in [0.29, 0.717) is 52.4 Å². The zero-order valence-corrected chi connectivity index (χ0v) is 17.0. The van der Waals surface area contributed by atoms with Crippen LogP contribution in [-0.2, 0) is 4.79 Å². The quantitative estimate of drug-likeness (QED) is 0.768. The average Bonchev–Trinajstić information content (AvgIpc) is 3.27. The Labute approximate surface area is 169 Å².